The molecule has 0 saturated carbocycles. The first kappa shape index (κ1) is 11.8. The fraction of sp³-hybridized carbons (Fsp3) is 0.875. The van der Waals surface area contributed by atoms with E-state index in [9.17, 15) is 13.2 Å². The maximum Gasteiger partial charge on any atom is 0.411 e. The zero-order chi connectivity index (χ0) is 9.61. The number of halogens is 3. The van der Waals surface area contributed by atoms with Crippen LogP contribution in [0, 0.1) is 12.5 Å². The molecule has 0 N–H and O–H groups in total. The van der Waals surface area contributed by atoms with Gasteiger partial charge in [-0.2, -0.15) is 13.2 Å². The molecule has 0 aromatic carbocycles. The lowest BCUT2D eigenvalue weighted by atomic mass is 10.1. The van der Waals surface area contributed by atoms with Gasteiger partial charge in [-0.1, -0.05) is 13.8 Å². The summed E-state index contributed by atoms with van der Waals surface area (Å²) in [6.07, 6.45) is -2.78. The Morgan fingerprint density at radius 3 is 2.33 bits per heavy atom. The third-order valence-corrected chi connectivity index (χ3v) is 1.23. The molecule has 0 fully saturated rings. The SMILES string of the molecule is CC(C)CC[CH]OCC(F)(F)F. The van der Waals surface area contributed by atoms with Crippen molar-refractivity contribution in [2.24, 2.45) is 5.92 Å². The monoisotopic (exact) mass is 183 g/mol. The minimum absolute atomic E-state index is 0.496. The molecule has 12 heavy (non-hydrogen) atoms. The summed E-state index contributed by atoms with van der Waals surface area (Å²) in [5.41, 5.74) is 0. The first-order valence-electron chi connectivity index (χ1n) is 3.92. The summed E-state index contributed by atoms with van der Waals surface area (Å²) >= 11 is 0. The van der Waals surface area contributed by atoms with E-state index in [1.807, 2.05) is 13.8 Å². The van der Waals surface area contributed by atoms with Gasteiger partial charge >= 0.3 is 6.18 Å². The van der Waals surface area contributed by atoms with Crippen LogP contribution < -0.4 is 0 Å². The molecule has 0 rings (SSSR count). The zero-order valence-electron chi connectivity index (χ0n) is 7.32. The van der Waals surface area contributed by atoms with E-state index in [1.54, 1.807) is 0 Å². The molecule has 0 unspecified atom stereocenters. The van der Waals surface area contributed by atoms with E-state index >= 15 is 0 Å². The van der Waals surface area contributed by atoms with Gasteiger partial charge in [0.2, 0.25) is 0 Å². The minimum atomic E-state index is -4.21. The summed E-state index contributed by atoms with van der Waals surface area (Å²) in [6.45, 7) is 4.08. The Morgan fingerprint density at radius 2 is 1.92 bits per heavy atom. The van der Waals surface area contributed by atoms with Crippen LogP contribution >= 0.6 is 0 Å². The Kier molecular flexibility index (Phi) is 5.29. The first-order valence-corrected chi connectivity index (χ1v) is 3.92. The number of hydrogen-bond acceptors (Lipinski definition) is 1. The molecule has 0 amide bonds. The smallest absolute Gasteiger partial charge is 0.366 e. The molecule has 0 aliphatic heterocycles. The van der Waals surface area contributed by atoms with E-state index in [0.29, 0.717) is 12.3 Å². The van der Waals surface area contributed by atoms with Crippen molar-refractivity contribution >= 4 is 0 Å². The highest BCUT2D eigenvalue weighted by molar-refractivity contribution is 4.56. The molecule has 0 saturated heterocycles. The van der Waals surface area contributed by atoms with E-state index in [1.165, 1.54) is 6.61 Å². The standard InChI is InChI=1S/C8H14F3O/c1-7(2)4-3-5-12-6-8(9,10)11/h5,7H,3-4,6H2,1-2H3. The van der Waals surface area contributed by atoms with Crippen LogP contribution in [0.2, 0.25) is 0 Å². The van der Waals surface area contributed by atoms with Crippen molar-refractivity contribution in [1.29, 1.82) is 0 Å². The van der Waals surface area contributed by atoms with Crippen LogP contribution in [0.3, 0.4) is 0 Å². The summed E-state index contributed by atoms with van der Waals surface area (Å²) < 4.78 is 38.8. The lowest BCUT2D eigenvalue weighted by Gasteiger charge is -2.07. The van der Waals surface area contributed by atoms with E-state index < -0.39 is 12.8 Å². The summed E-state index contributed by atoms with van der Waals surface area (Å²) in [7, 11) is 0. The van der Waals surface area contributed by atoms with Gasteiger partial charge < -0.3 is 4.74 Å². The molecular weight excluding hydrogens is 169 g/mol. The minimum Gasteiger partial charge on any atom is -0.366 e. The Balaban J connectivity index is 3.12. The number of hydrogen-bond donors (Lipinski definition) is 0. The third kappa shape index (κ3) is 9.75. The molecule has 0 spiro atoms. The predicted molar refractivity (Wildman–Crippen MR) is 40.4 cm³/mol. The van der Waals surface area contributed by atoms with Crippen molar-refractivity contribution in [2.75, 3.05) is 6.61 Å². The average molecular weight is 183 g/mol. The fourth-order valence-electron chi connectivity index (χ4n) is 0.638. The van der Waals surface area contributed by atoms with E-state index in [0.717, 1.165) is 6.42 Å². The van der Waals surface area contributed by atoms with Gasteiger partial charge in [-0.05, 0) is 18.8 Å². The van der Waals surface area contributed by atoms with Gasteiger partial charge in [-0.25, -0.2) is 0 Å². The molecule has 73 valence electrons. The molecule has 0 atom stereocenters. The van der Waals surface area contributed by atoms with Crippen molar-refractivity contribution in [2.45, 2.75) is 32.9 Å². The third-order valence-electron chi connectivity index (χ3n) is 1.23. The molecule has 1 radical (unpaired) electrons. The molecule has 0 bridgehead atoms. The van der Waals surface area contributed by atoms with Gasteiger partial charge in [0.15, 0.2) is 0 Å². The average Bonchev–Trinajstić information content (AvgIpc) is 1.83. The van der Waals surface area contributed by atoms with Crippen molar-refractivity contribution in [3.63, 3.8) is 0 Å². The molecule has 0 aromatic heterocycles. The van der Waals surface area contributed by atoms with Crippen LogP contribution in [0.4, 0.5) is 13.2 Å². The first-order chi connectivity index (χ1) is 5.42. The quantitative estimate of drug-likeness (QED) is 0.595. The number of ether oxygens (including phenoxy) is 1. The van der Waals surface area contributed by atoms with Crippen LogP contribution in [0.25, 0.3) is 0 Å². The van der Waals surface area contributed by atoms with Crippen LogP contribution in [-0.2, 0) is 4.74 Å². The second kappa shape index (κ2) is 5.41. The molecule has 1 nitrogen and oxygen atoms in total. The maximum atomic E-state index is 11.5. The number of alkyl halides is 3. The van der Waals surface area contributed by atoms with Crippen LogP contribution in [-0.4, -0.2) is 12.8 Å². The summed E-state index contributed by atoms with van der Waals surface area (Å²) in [5.74, 6) is 0.496. The van der Waals surface area contributed by atoms with E-state index in [-0.39, 0.29) is 0 Å². The highest BCUT2D eigenvalue weighted by Crippen LogP contribution is 2.15. The summed E-state index contributed by atoms with van der Waals surface area (Å²) in [6, 6.07) is 0. The van der Waals surface area contributed by atoms with E-state index in [4.69, 9.17) is 0 Å². The van der Waals surface area contributed by atoms with Gasteiger partial charge in [0.1, 0.15) is 6.61 Å². The van der Waals surface area contributed by atoms with Gasteiger partial charge in [-0.3, -0.25) is 0 Å². The van der Waals surface area contributed by atoms with Crippen LogP contribution in [0.5, 0.6) is 0 Å². The Labute approximate surface area is 70.9 Å². The van der Waals surface area contributed by atoms with Crippen LogP contribution in [0.1, 0.15) is 26.7 Å². The molecule has 4 heteroatoms. The molecule has 0 aromatic rings. The number of rotatable bonds is 5. The van der Waals surface area contributed by atoms with Crippen molar-refractivity contribution < 1.29 is 17.9 Å². The lowest BCUT2D eigenvalue weighted by molar-refractivity contribution is -0.166. The molecule has 0 aliphatic carbocycles. The summed E-state index contributed by atoms with van der Waals surface area (Å²) in [5, 5.41) is 0. The zero-order valence-corrected chi connectivity index (χ0v) is 7.32. The van der Waals surface area contributed by atoms with Crippen molar-refractivity contribution in [3.8, 4) is 0 Å². The second-order valence-corrected chi connectivity index (χ2v) is 3.06. The molecule has 0 heterocycles. The fourth-order valence-corrected chi connectivity index (χ4v) is 0.638. The van der Waals surface area contributed by atoms with Gasteiger partial charge in [0, 0.05) is 0 Å². The Hall–Kier alpha value is -0.250. The highest BCUT2D eigenvalue weighted by atomic mass is 19.4. The molecular formula is C8H14F3O. The predicted octanol–water partition coefficient (Wildman–Crippen LogP) is 3.16. The maximum absolute atomic E-state index is 11.5. The topological polar surface area (TPSA) is 9.23 Å². The lowest BCUT2D eigenvalue weighted by Crippen LogP contribution is -2.15. The summed E-state index contributed by atoms with van der Waals surface area (Å²) in [4.78, 5) is 0. The van der Waals surface area contributed by atoms with Gasteiger partial charge in [-0.15, -0.1) is 0 Å². The Morgan fingerprint density at radius 1 is 1.33 bits per heavy atom. The highest BCUT2D eigenvalue weighted by Gasteiger charge is 2.27. The van der Waals surface area contributed by atoms with E-state index in [2.05, 4.69) is 4.74 Å². The second-order valence-electron chi connectivity index (χ2n) is 3.06. The molecule has 0 aliphatic rings. The van der Waals surface area contributed by atoms with Crippen molar-refractivity contribution in [1.82, 2.24) is 0 Å². The van der Waals surface area contributed by atoms with Crippen LogP contribution in [0.15, 0.2) is 0 Å². The normalized spacial score (nSPS) is 12.5. The Bertz CT molecular complexity index is 109. The van der Waals surface area contributed by atoms with Crippen molar-refractivity contribution in [3.05, 3.63) is 6.61 Å². The van der Waals surface area contributed by atoms with Gasteiger partial charge in [0.25, 0.3) is 0 Å². The largest absolute Gasteiger partial charge is 0.411 e. The van der Waals surface area contributed by atoms with Gasteiger partial charge in [0.05, 0.1) is 6.61 Å².